The summed E-state index contributed by atoms with van der Waals surface area (Å²) in [5.41, 5.74) is 1.85. The first-order valence-corrected chi connectivity index (χ1v) is 8.04. The number of anilines is 1. The minimum absolute atomic E-state index is 0.0373. The fraction of sp³-hybridized carbons (Fsp3) is 0.125. The predicted octanol–water partition coefficient (Wildman–Crippen LogP) is 5.36. The lowest BCUT2D eigenvalue weighted by Gasteiger charge is -2.14. The Hall–Kier alpha value is -1.99. The molecule has 124 valence electrons. The van der Waals surface area contributed by atoms with Crippen molar-refractivity contribution in [3.8, 4) is 16.9 Å². The second-order valence-corrected chi connectivity index (χ2v) is 6.12. The molecule has 0 aliphatic carbocycles. The van der Waals surface area contributed by atoms with Gasteiger partial charge in [-0.15, -0.1) is 0 Å². The molecule has 3 aromatic rings. The van der Waals surface area contributed by atoms with Crippen LogP contribution in [0.4, 0.5) is 14.7 Å². The van der Waals surface area contributed by atoms with E-state index < -0.39 is 6.61 Å². The van der Waals surface area contributed by atoms with E-state index in [2.05, 4.69) is 36.0 Å². The van der Waals surface area contributed by atoms with Gasteiger partial charge in [0.15, 0.2) is 5.75 Å². The maximum absolute atomic E-state index is 12.8. The second-order valence-electron chi connectivity index (χ2n) is 4.83. The zero-order valence-electron chi connectivity index (χ0n) is 12.4. The van der Waals surface area contributed by atoms with E-state index in [0.717, 1.165) is 11.1 Å². The number of hydrogen-bond donors (Lipinski definition) is 1. The lowest BCUT2D eigenvalue weighted by Crippen LogP contribution is -2.05. The van der Waals surface area contributed by atoms with Crippen molar-refractivity contribution < 1.29 is 13.5 Å². The third-order valence-corrected chi connectivity index (χ3v) is 4.17. The Morgan fingerprint density at radius 3 is 2.75 bits per heavy atom. The van der Waals surface area contributed by atoms with E-state index in [9.17, 15) is 8.78 Å². The van der Waals surface area contributed by atoms with E-state index >= 15 is 0 Å². The quantitative estimate of drug-likeness (QED) is 0.625. The van der Waals surface area contributed by atoms with Crippen LogP contribution in [0.5, 0.6) is 5.75 Å². The smallest absolute Gasteiger partial charge is 0.387 e. The molecular formula is C16H11BrClF2N3O. The molecule has 3 rings (SSSR count). The molecule has 24 heavy (non-hydrogen) atoms. The van der Waals surface area contributed by atoms with Crippen LogP contribution >= 0.6 is 27.5 Å². The first-order valence-electron chi connectivity index (χ1n) is 6.87. The van der Waals surface area contributed by atoms with E-state index in [-0.39, 0.29) is 11.3 Å². The van der Waals surface area contributed by atoms with Crippen LogP contribution in [0, 0.1) is 0 Å². The number of ether oxygens (including phenoxy) is 1. The molecule has 0 spiro atoms. The summed E-state index contributed by atoms with van der Waals surface area (Å²) in [5, 5.41) is 3.93. The van der Waals surface area contributed by atoms with Crippen LogP contribution in [0.25, 0.3) is 22.0 Å². The van der Waals surface area contributed by atoms with Gasteiger partial charge in [-0.25, -0.2) is 9.97 Å². The van der Waals surface area contributed by atoms with Crippen molar-refractivity contribution in [3.05, 3.63) is 46.0 Å². The van der Waals surface area contributed by atoms with Gasteiger partial charge in [0.25, 0.3) is 0 Å². The Kier molecular flexibility index (Phi) is 4.82. The van der Waals surface area contributed by atoms with Crippen LogP contribution < -0.4 is 10.1 Å². The molecule has 0 unspecified atom stereocenters. The molecule has 0 saturated heterocycles. The molecule has 0 aliphatic heterocycles. The lowest BCUT2D eigenvalue weighted by molar-refractivity contribution is -0.0494. The number of halogens is 4. The molecule has 0 amide bonds. The van der Waals surface area contributed by atoms with Crippen molar-refractivity contribution in [2.24, 2.45) is 0 Å². The summed E-state index contributed by atoms with van der Waals surface area (Å²) in [5.74, 6) is 0.265. The minimum atomic E-state index is -2.96. The van der Waals surface area contributed by atoms with Crippen LogP contribution in [-0.4, -0.2) is 23.6 Å². The fourth-order valence-corrected chi connectivity index (χ4v) is 3.05. The number of aromatic nitrogens is 2. The third kappa shape index (κ3) is 3.27. The largest absolute Gasteiger partial charge is 0.431 e. The van der Waals surface area contributed by atoms with Crippen molar-refractivity contribution in [1.29, 1.82) is 0 Å². The number of fused-ring (bicyclic) bond motifs is 1. The van der Waals surface area contributed by atoms with Crippen molar-refractivity contribution >= 4 is 44.4 Å². The Morgan fingerprint density at radius 1 is 1.29 bits per heavy atom. The number of nitrogens with zero attached hydrogens (tertiary/aromatic N) is 2. The summed E-state index contributed by atoms with van der Waals surface area (Å²) in [6.07, 6.45) is 1.56. The molecule has 1 N–H and O–H groups in total. The summed E-state index contributed by atoms with van der Waals surface area (Å²) >= 11 is 9.34. The van der Waals surface area contributed by atoms with E-state index in [1.807, 2.05) is 12.1 Å². The van der Waals surface area contributed by atoms with Gasteiger partial charge in [0.2, 0.25) is 5.95 Å². The van der Waals surface area contributed by atoms with Crippen molar-refractivity contribution in [3.63, 3.8) is 0 Å². The number of hydrogen-bond acceptors (Lipinski definition) is 4. The Labute approximate surface area is 150 Å². The zero-order valence-corrected chi connectivity index (χ0v) is 14.7. The Morgan fingerprint density at radius 2 is 2.08 bits per heavy atom. The van der Waals surface area contributed by atoms with E-state index in [4.69, 9.17) is 11.6 Å². The lowest BCUT2D eigenvalue weighted by atomic mass is 10.0. The number of nitrogens with one attached hydrogen (secondary N) is 1. The van der Waals surface area contributed by atoms with Gasteiger partial charge in [-0.3, -0.25) is 0 Å². The van der Waals surface area contributed by atoms with E-state index in [0.29, 0.717) is 20.8 Å². The predicted molar refractivity (Wildman–Crippen MR) is 93.9 cm³/mol. The monoisotopic (exact) mass is 413 g/mol. The third-order valence-electron chi connectivity index (χ3n) is 3.35. The normalized spacial score (nSPS) is 11.1. The number of alkyl halides is 2. The summed E-state index contributed by atoms with van der Waals surface area (Å²) < 4.78 is 30.6. The molecular weight excluding hydrogens is 404 g/mol. The van der Waals surface area contributed by atoms with E-state index in [1.165, 1.54) is 0 Å². The highest BCUT2D eigenvalue weighted by molar-refractivity contribution is 9.10. The highest BCUT2D eigenvalue weighted by Gasteiger charge is 2.18. The van der Waals surface area contributed by atoms with Crippen molar-refractivity contribution in [2.45, 2.75) is 6.61 Å². The van der Waals surface area contributed by atoms with Gasteiger partial charge < -0.3 is 10.1 Å². The average Bonchev–Trinajstić information content (AvgIpc) is 2.56. The molecule has 0 atom stereocenters. The Bertz CT molecular complexity index is 908. The summed E-state index contributed by atoms with van der Waals surface area (Å²) in [7, 11) is 1.64. The van der Waals surface area contributed by atoms with Crippen molar-refractivity contribution in [2.75, 3.05) is 12.4 Å². The first-order chi connectivity index (χ1) is 11.5. The van der Waals surface area contributed by atoms with Gasteiger partial charge in [-0.2, -0.15) is 8.78 Å². The van der Waals surface area contributed by atoms with Crippen molar-refractivity contribution in [1.82, 2.24) is 9.97 Å². The molecule has 1 heterocycles. The molecule has 2 aromatic carbocycles. The maximum atomic E-state index is 12.8. The summed E-state index contributed by atoms with van der Waals surface area (Å²) in [6.45, 7) is -2.96. The molecule has 4 nitrogen and oxygen atoms in total. The highest BCUT2D eigenvalue weighted by atomic mass is 79.9. The second kappa shape index (κ2) is 6.86. The molecule has 1 aromatic heterocycles. The first kappa shape index (κ1) is 16.9. The van der Waals surface area contributed by atoms with Gasteiger partial charge in [0.05, 0.1) is 4.47 Å². The SMILES string of the molecule is CNc1ncc2c(-c3cccc(Cl)c3)cc(Br)c(OC(F)F)c2n1. The molecule has 0 aliphatic rings. The van der Waals surface area contributed by atoms with E-state index in [1.54, 1.807) is 31.4 Å². The number of rotatable bonds is 4. The van der Waals surface area contributed by atoms with Gasteiger partial charge in [0, 0.05) is 23.7 Å². The average molecular weight is 415 g/mol. The topological polar surface area (TPSA) is 47.0 Å². The van der Waals surface area contributed by atoms with Crippen LogP contribution in [-0.2, 0) is 0 Å². The van der Waals surface area contributed by atoms with Gasteiger partial charge in [-0.1, -0.05) is 23.7 Å². The zero-order chi connectivity index (χ0) is 17.3. The summed E-state index contributed by atoms with van der Waals surface area (Å²) in [4.78, 5) is 8.44. The molecule has 0 radical (unpaired) electrons. The maximum Gasteiger partial charge on any atom is 0.387 e. The fourth-order valence-electron chi connectivity index (χ4n) is 2.35. The summed E-state index contributed by atoms with van der Waals surface area (Å²) in [6, 6.07) is 8.90. The van der Waals surface area contributed by atoms with Gasteiger partial charge in [0.1, 0.15) is 5.52 Å². The molecule has 0 saturated carbocycles. The van der Waals surface area contributed by atoms with Gasteiger partial charge >= 0.3 is 6.61 Å². The molecule has 0 fully saturated rings. The van der Waals surface area contributed by atoms with Crippen LogP contribution in [0.2, 0.25) is 5.02 Å². The van der Waals surface area contributed by atoms with Gasteiger partial charge in [-0.05, 0) is 45.3 Å². The minimum Gasteiger partial charge on any atom is -0.431 e. The van der Waals surface area contributed by atoms with Crippen LogP contribution in [0.1, 0.15) is 0 Å². The Balaban J connectivity index is 2.32. The van der Waals surface area contributed by atoms with Crippen LogP contribution in [0.3, 0.4) is 0 Å². The molecule has 0 bridgehead atoms. The number of benzene rings is 2. The van der Waals surface area contributed by atoms with Crippen LogP contribution in [0.15, 0.2) is 41.0 Å². The molecule has 8 heteroatoms. The highest BCUT2D eigenvalue weighted by Crippen LogP contribution is 2.40. The standard InChI is InChI=1S/C16H11BrClF2N3O/c1-21-16-22-7-11-10(8-3-2-4-9(18)5-8)6-12(17)14(13(11)23-16)24-15(19)20/h2-7,15H,1H3,(H,21,22,23).